The van der Waals surface area contributed by atoms with Crippen LogP contribution in [0.1, 0.15) is 25.0 Å². The average Bonchev–Trinajstić information content (AvgIpc) is 2.72. The van der Waals surface area contributed by atoms with Crippen molar-refractivity contribution in [2.75, 3.05) is 13.3 Å². The molecule has 0 amide bonds. The summed E-state index contributed by atoms with van der Waals surface area (Å²) < 4.78 is 24.6. The molecule has 1 heterocycles. The molecule has 4 heteroatoms. The molecule has 1 aromatic carbocycles. The fourth-order valence-corrected chi connectivity index (χ4v) is 1.70. The standard InChI is InChI=1S/C13H16FNO2/c1-13(2,14)10-6-9(4-3-5-15)12-11(7-10)16-8-17-12/h3-4,6-7H,5,8,15H2,1-2H3/b4-3+. The molecule has 2 rings (SSSR count). The highest BCUT2D eigenvalue weighted by Gasteiger charge is 2.25. The molecule has 0 fully saturated rings. The summed E-state index contributed by atoms with van der Waals surface area (Å²) in [7, 11) is 0. The van der Waals surface area contributed by atoms with E-state index >= 15 is 0 Å². The van der Waals surface area contributed by atoms with Gasteiger partial charge in [-0.05, 0) is 31.5 Å². The number of halogens is 1. The molecular weight excluding hydrogens is 221 g/mol. The minimum Gasteiger partial charge on any atom is -0.454 e. The van der Waals surface area contributed by atoms with Gasteiger partial charge in [0.25, 0.3) is 0 Å². The lowest BCUT2D eigenvalue weighted by atomic mass is 9.97. The maximum Gasteiger partial charge on any atom is 0.231 e. The molecule has 0 radical (unpaired) electrons. The van der Waals surface area contributed by atoms with Crippen LogP contribution in [0, 0.1) is 0 Å². The number of hydrogen-bond acceptors (Lipinski definition) is 3. The number of fused-ring (bicyclic) bond motifs is 1. The molecule has 17 heavy (non-hydrogen) atoms. The molecule has 1 aliphatic rings. The molecule has 0 saturated carbocycles. The van der Waals surface area contributed by atoms with Gasteiger partial charge in [-0.3, -0.25) is 0 Å². The molecule has 3 nitrogen and oxygen atoms in total. The summed E-state index contributed by atoms with van der Waals surface area (Å²) in [4.78, 5) is 0. The van der Waals surface area contributed by atoms with Gasteiger partial charge in [0.1, 0.15) is 5.67 Å². The normalized spacial score (nSPS) is 14.6. The maximum absolute atomic E-state index is 13.9. The Labute approximate surface area is 100 Å². The van der Waals surface area contributed by atoms with E-state index in [1.165, 1.54) is 13.8 Å². The van der Waals surface area contributed by atoms with Crippen molar-refractivity contribution in [2.24, 2.45) is 5.73 Å². The lowest BCUT2D eigenvalue weighted by Crippen LogP contribution is -2.09. The van der Waals surface area contributed by atoms with Gasteiger partial charge in [-0.25, -0.2) is 4.39 Å². The molecule has 1 aliphatic heterocycles. The van der Waals surface area contributed by atoms with Gasteiger partial charge in [-0.15, -0.1) is 0 Å². The maximum atomic E-state index is 13.9. The lowest BCUT2D eigenvalue weighted by Gasteiger charge is -2.16. The van der Waals surface area contributed by atoms with Crippen LogP contribution >= 0.6 is 0 Å². The fourth-order valence-electron chi connectivity index (χ4n) is 1.70. The molecule has 0 spiro atoms. The second-order valence-corrected chi connectivity index (χ2v) is 4.41. The van der Waals surface area contributed by atoms with Crippen LogP contribution in [0.25, 0.3) is 6.08 Å². The van der Waals surface area contributed by atoms with E-state index in [1.807, 2.05) is 6.08 Å². The van der Waals surface area contributed by atoms with Gasteiger partial charge in [0.2, 0.25) is 6.79 Å². The van der Waals surface area contributed by atoms with Crippen LogP contribution in [0.15, 0.2) is 18.2 Å². The summed E-state index contributed by atoms with van der Waals surface area (Å²) in [6.45, 7) is 3.63. The SMILES string of the molecule is CC(C)(F)c1cc(/C=C/CN)c2c(c1)OCO2. The highest BCUT2D eigenvalue weighted by Crippen LogP contribution is 2.40. The summed E-state index contributed by atoms with van der Waals surface area (Å²) >= 11 is 0. The van der Waals surface area contributed by atoms with Crippen LogP contribution in [0.2, 0.25) is 0 Å². The molecule has 0 atom stereocenters. The highest BCUT2D eigenvalue weighted by atomic mass is 19.1. The van der Waals surface area contributed by atoms with Crippen LogP contribution in [0.4, 0.5) is 4.39 Å². The van der Waals surface area contributed by atoms with Gasteiger partial charge in [0, 0.05) is 12.1 Å². The van der Waals surface area contributed by atoms with Gasteiger partial charge in [-0.2, -0.15) is 0 Å². The number of nitrogens with two attached hydrogens (primary N) is 1. The Balaban J connectivity index is 2.50. The summed E-state index contributed by atoms with van der Waals surface area (Å²) in [5.41, 5.74) is 5.37. The van der Waals surface area contributed by atoms with Crippen molar-refractivity contribution in [3.05, 3.63) is 29.3 Å². The van der Waals surface area contributed by atoms with E-state index in [-0.39, 0.29) is 6.79 Å². The Hall–Kier alpha value is -1.55. The molecule has 1 aromatic rings. The molecule has 0 aromatic heterocycles. The Bertz CT molecular complexity index is 449. The number of rotatable bonds is 3. The third kappa shape index (κ3) is 2.42. The van der Waals surface area contributed by atoms with Crippen molar-refractivity contribution >= 4 is 6.08 Å². The van der Waals surface area contributed by atoms with E-state index in [0.717, 1.165) is 5.56 Å². The largest absolute Gasteiger partial charge is 0.454 e. The Morgan fingerprint density at radius 2 is 2.18 bits per heavy atom. The minimum atomic E-state index is -1.41. The zero-order chi connectivity index (χ0) is 12.5. The third-order valence-corrected chi connectivity index (χ3v) is 2.62. The van der Waals surface area contributed by atoms with E-state index in [0.29, 0.717) is 23.6 Å². The third-order valence-electron chi connectivity index (χ3n) is 2.62. The predicted octanol–water partition coefficient (Wildman–Crippen LogP) is 2.59. The molecule has 2 N–H and O–H groups in total. The van der Waals surface area contributed by atoms with Crippen molar-refractivity contribution in [3.8, 4) is 11.5 Å². The monoisotopic (exact) mass is 237 g/mol. The Morgan fingerprint density at radius 1 is 1.41 bits per heavy atom. The average molecular weight is 237 g/mol. The van der Waals surface area contributed by atoms with Crippen LogP contribution in [0.5, 0.6) is 11.5 Å². The topological polar surface area (TPSA) is 44.5 Å². The van der Waals surface area contributed by atoms with Gasteiger partial charge < -0.3 is 15.2 Å². The van der Waals surface area contributed by atoms with Crippen molar-refractivity contribution in [2.45, 2.75) is 19.5 Å². The molecule has 0 bridgehead atoms. The van der Waals surface area contributed by atoms with E-state index < -0.39 is 5.67 Å². The molecule has 0 aliphatic carbocycles. The van der Waals surface area contributed by atoms with E-state index in [2.05, 4.69) is 0 Å². The second kappa shape index (κ2) is 4.37. The summed E-state index contributed by atoms with van der Waals surface area (Å²) in [5, 5.41) is 0. The first-order valence-corrected chi connectivity index (χ1v) is 5.52. The summed E-state index contributed by atoms with van der Waals surface area (Å²) in [5.74, 6) is 1.24. The Kier molecular flexibility index (Phi) is 3.07. The van der Waals surface area contributed by atoms with Crippen LogP contribution < -0.4 is 15.2 Å². The smallest absolute Gasteiger partial charge is 0.231 e. The van der Waals surface area contributed by atoms with Crippen molar-refractivity contribution in [3.63, 3.8) is 0 Å². The molecule has 0 saturated heterocycles. The molecule has 0 unspecified atom stereocenters. The van der Waals surface area contributed by atoms with Crippen LogP contribution in [-0.2, 0) is 5.67 Å². The zero-order valence-corrected chi connectivity index (χ0v) is 10.00. The fraction of sp³-hybridized carbons (Fsp3) is 0.385. The second-order valence-electron chi connectivity index (χ2n) is 4.41. The van der Waals surface area contributed by atoms with Gasteiger partial charge in [0.05, 0.1) is 0 Å². The minimum absolute atomic E-state index is 0.176. The first-order valence-electron chi connectivity index (χ1n) is 5.52. The van der Waals surface area contributed by atoms with Crippen LogP contribution in [0.3, 0.4) is 0 Å². The molecular formula is C13H16FNO2. The first kappa shape index (κ1) is 11.9. The molecule has 92 valence electrons. The number of hydrogen-bond donors (Lipinski definition) is 1. The zero-order valence-electron chi connectivity index (χ0n) is 10.00. The van der Waals surface area contributed by atoms with Gasteiger partial charge >= 0.3 is 0 Å². The lowest BCUT2D eigenvalue weighted by molar-refractivity contribution is 0.173. The van der Waals surface area contributed by atoms with E-state index in [1.54, 1.807) is 18.2 Å². The highest BCUT2D eigenvalue weighted by molar-refractivity contribution is 5.65. The van der Waals surface area contributed by atoms with E-state index in [4.69, 9.17) is 15.2 Å². The number of benzene rings is 1. The van der Waals surface area contributed by atoms with Crippen molar-refractivity contribution in [1.82, 2.24) is 0 Å². The predicted molar refractivity (Wildman–Crippen MR) is 64.8 cm³/mol. The summed E-state index contributed by atoms with van der Waals surface area (Å²) in [6.07, 6.45) is 3.62. The van der Waals surface area contributed by atoms with Gasteiger partial charge in [-0.1, -0.05) is 12.2 Å². The number of alkyl halides is 1. The summed E-state index contributed by atoms with van der Waals surface area (Å²) in [6, 6.07) is 3.45. The quantitative estimate of drug-likeness (QED) is 0.878. The first-order chi connectivity index (χ1) is 8.02. The van der Waals surface area contributed by atoms with Crippen molar-refractivity contribution in [1.29, 1.82) is 0 Å². The van der Waals surface area contributed by atoms with Crippen molar-refractivity contribution < 1.29 is 13.9 Å². The van der Waals surface area contributed by atoms with E-state index in [9.17, 15) is 4.39 Å². The Morgan fingerprint density at radius 3 is 2.82 bits per heavy atom. The van der Waals surface area contributed by atoms with Gasteiger partial charge in [0.15, 0.2) is 11.5 Å². The number of ether oxygens (including phenoxy) is 2. The van der Waals surface area contributed by atoms with Crippen LogP contribution in [-0.4, -0.2) is 13.3 Å².